The molecular weight excluding hydrogens is 274 g/mol. The molecule has 0 bridgehead atoms. The lowest BCUT2D eigenvalue weighted by molar-refractivity contribution is -0.148. The molecule has 0 aliphatic heterocycles. The number of hydrogen-bond acceptors (Lipinski definition) is 7. The molecule has 1 aliphatic carbocycles. The Morgan fingerprint density at radius 3 is 2.81 bits per heavy atom. The number of aromatic nitrogens is 2. The van der Waals surface area contributed by atoms with E-state index in [0.29, 0.717) is 25.6 Å². The van der Waals surface area contributed by atoms with E-state index in [1.807, 2.05) is 0 Å². The van der Waals surface area contributed by atoms with Gasteiger partial charge >= 0.3 is 5.97 Å². The Balaban J connectivity index is 1.78. The normalized spacial score (nSPS) is 17.0. The first-order valence-corrected chi connectivity index (χ1v) is 7.45. The molecule has 0 aromatic carbocycles. The summed E-state index contributed by atoms with van der Waals surface area (Å²) in [5.41, 5.74) is -0.217. The Labute approximate surface area is 124 Å². The van der Waals surface area contributed by atoms with E-state index >= 15 is 0 Å². The summed E-state index contributed by atoms with van der Waals surface area (Å²) in [7, 11) is 0. The molecule has 1 saturated carbocycles. The van der Waals surface area contributed by atoms with E-state index in [1.165, 1.54) is 0 Å². The maximum absolute atomic E-state index is 11.1. The van der Waals surface area contributed by atoms with Crippen molar-refractivity contribution in [1.82, 2.24) is 15.5 Å². The van der Waals surface area contributed by atoms with Crippen LogP contribution in [0, 0.1) is 6.92 Å². The summed E-state index contributed by atoms with van der Waals surface area (Å²) in [4.78, 5) is 15.5. The third-order valence-electron chi connectivity index (χ3n) is 3.65. The zero-order chi connectivity index (χ0) is 15.1. The molecule has 1 aromatic rings. The maximum Gasteiger partial charge on any atom is 0.332 e. The quantitative estimate of drug-likeness (QED) is 0.572. The maximum atomic E-state index is 11.1. The van der Waals surface area contributed by atoms with Gasteiger partial charge in [0.05, 0.1) is 18.8 Å². The first kappa shape index (κ1) is 15.9. The van der Waals surface area contributed by atoms with Crippen molar-refractivity contribution in [2.45, 2.75) is 45.1 Å². The number of rotatable bonds is 8. The number of carbonyl (C=O) groups is 1. The van der Waals surface area contributed by atoms with Crippen LogP contribution in [0.5, 0.6) is 0 Å². The third kappa shape index (κ3) is 4.25. The van der Waals surface area contributed by atoms with Crippen LogP contribution in [0.15, 0.2) is 4.52 Å². The Morgan fingerprint density at radius 1 is 1.43 bits per heavy atom. The number of esters is 1. The highest BCUT2D eigenvalue weighted by atomic mass is 16.6. The van der Waals surface area contributed by atoms with Crippen molar-refractivity contribution in [3.8, 4) is 0 Å². The summed E-state index contributed by atoms with van der Waals surface area (Å²) in [6, 6.07) is 0. The molecule has 1 N–H and O–H groups in total. The van der Waals surface area contributed by atoms with E-state index in [2.05, 4.69) is 15.5 Å². The molecule has 1 fully saturated rings. The van der Waals surface area contributed by atoms with Gasteiger partial charge in [0.15, 0.2) is 5.82 Å². The van der Waals surface area contributed by atoms with Crippen LogP contribution in [0.1, 0.15) is 44.3 Å². The van der Waals surface area contributed by atoms with Crippen LogP contribution in [0.4, 0.5) is 0 Å². The standard InChI is InChI=1S/C14H23N3O4/c1-3-20-12(18)10-19-9-8-15-14(6-4-5-7-14)13-16-11(2)21-17-13/h15H,3-10H2,1-2H3. The van der Waals surface area contributed by atoms with E-state index < -0.39 is 0 Å². The fourth-order valence-electron chi connectivity index (χ4n) is 2.67. The molecule has 0 unspecified atom stereocenters. The summed E-state index contributed by atoms with van der Waals surface area (Å²) < 4.78 is 15.2. The lowest BCUT2D eigenvalue weighted by atomic mass is 9.96. The molecule has 118 valence electrons. The van der Waals surface area contributed by atoms with Gasteiger partial charge in [0.1, 0.15) is 6.61 Å². The van der Waals surface area contributed by atoms with Gasteiger partial charge in [-0.15, -0.1) is 0 Å². The Bertz CT molecular complexity index is 455. The van der Waals surface area contributed by atoms with Crippen LogP contribution < -0.4 is 5.32 Å². The van der Waals surface area contributed by atoms with E-state index in [9.17, 15) is 4.79 Å². The number of ether oxygens (including phenoxy) is 2. The van der Waals surface area contributed by atoms with E-state index in [1.54, 1.807) is 13.8 Å². The molecular formula is C14H23N3O4. The summed E-state index contributed by atoms with van der Waals surface area (Å²) in [6.07, 6.45) is 4.27. The van der Waals surface area contributed by atoms with Crippen LogP contribution in [-0.2, 0) is 19.8 Å². The number of aryl methyl sites for hydroxylation is 1. The van der Waals surface area contributed by atoms with Crippen molar-refractivity contribution in [2.75, 3.05) is 26.4 Å². The zero-order valence-electron chi connectivity index (χ0n) is 12.7. The minimum Gasteiger partial charge on any atom is -0.464 e. The fraction of sp³-hybridized carbons (Fsp3) is 0.786. The van der Waals surface area contributed by atoms with E-state index in [0.717, 1.165) is 31.5 Å². The highest BCUT2D eigenvalue weighted by molar-refractivity contribution is 5.70. The molecule has 7 heteroatoms. The lowest BCUT2D eigenvalue weighted by Crippen LogP contribution is -2.42. The topological polar surface area (TPSA) is 86.5 Å². The highest BCUT2D eigenvalue weighted by Crippen LogP contribution is 2.36. The molecule has 0 saturated heterocycles. The summed E-state index contributed by atoms with van der Waals surface area (Å²) in [5.74, 6) is 0.974. The first-order chi connectivity index (χ1) is 10.2. The molecule has 21 heavy (non-hydrogen) atoms. The Morgan fingerprint density at radius 2 is 2.19 bits per heavy atom. The van der Waals surface area contributed by atoms with Gasteiger partial charge in [-0.05, 0) is 19.8 Å². The molecule has 1 heterocycles. The molecule has 7 nitrogen and oxygen atoms in total. The molecule has 2 rings (SSSR count). The third-order valence-corrected chi connectivity index (χ3v) is 3.65. The second kappa shape index (κ2) is 7.51. The highest BCUT2D eigenvalue weighted by Gasteiger charge is 2.39. The number of carbonyl (C=O) groups excluding carboxylic acids is 1. The average molecular weight is 297 g/mol. The summed E-state index contributed by atoms with van der Waals surface area (Å²) in [5, 5.41) is 7.53. The summed E-state index contributed by atoms with van der Waals surface area (Å²) in [6.45, 7) is 5.01. The van der Waals surface area contributed by atoms with Crippen molar-refractivity contribution < 1.29 is 18.8 Å². The predicted molar refractivity (Wildman–Crippen MR) is 74.6 cm³/mol. The second-order valence-electron chi connectivity index (χ2n) is 5.21. The van der Waals surface area contributed by atoms with Crippen molar-refractivity contribution in [3.05, 3.63) is 11.7 Å². The molecule has 1 aliphatic rings. The SMILES string of the molecule is CCOC(=O)COCCNC1(c2noc(C)n2)CCCC1. The van der Waals surface area contributed by atoms with Gasteiger partial charge in [-0.1, -0.05) is 18.0 Å². The van der Waals surface area contributed by atoms with Gasteiger partial charge in [-0.3, -0.25) is 0 Å². The van der Waals surface area contributed by atoms with E-state index in [4.69, 9.17) is 14.0 Å². The smallest absolute Gasteiger partial charge is 0.332 e. The fourth-order valence-corrected chi connectivity index (χ4v) is 2.67. The monoisotopic (exact) mass is 297 g/mol. The van der Waals surface area contributed by atoms with Gasteiger partial charge in [0, 0.05) is 13.5 Å². The number of nitrogens with zero attached hydrogens (tertiary/aromatic N) is 2. The van der Waals surface area contributed by atoms with Crippen LogP contribution in [0.3, 0.4) is 0 Å². The van der Waals surface area contributed by atoms with Crippen LogP contribution in [0.2, 0.25) is 0 Å². The average Bonchev–Trinajstić information content (AvgIpc) is 3.08. The van der Waals surface area contributed by atoms with Gasteiger partial charge in [0.2, 0.25) is 5.89 Å². The van der Waals surface area contributed by atoms with Gasteiger partial charge in [0.25, 0.3) is 0 Å². The van der Waals surface area contributed by atoms with Crippen LogP contribution >= 0.6 is 0 Å². The molecule has 0 radical (unpaired) electrons. The Hall–Kier alpha value is -1.47. The minimum atomic E-state index is -0.332. The molecule has 0 amide bonds. The number of hydrogen-bond donors (Lipinski definition) is 1. The first-order valence-electron chi connectivity index (χ1n) is 7.45. The minimum absolute atomic E-state index is 0.0101. The Kier molecular flexibility index (Phi) is 5.69. The van der Waals surface area contributed by atoms with Crippen molar-refractivity contribution >= 4 is 5.97 Å². The van der Waals surface area contributed by atoms with Crippen molar-refractivity contribution in [1.29, 1.82) is 0 Å². The summed E-state index contributed by atoms with van der Waals surface area (Å²) >= 11 is 0. The van der Waals surface area contributed by atoms with Gasteiger partial charge in [-0.25, -0.2) is 4.79 Å². The lowest BCUT2D eigenvalue weighted by Gasteiger charge is -2.26. The molecule has 0 spiro atoms. The van der Waals surface area contributed by atoms with Crippen molar-refractivity contribution in [2.24, 2.45) is 0 Å². The van der Waals surface area contributed by atoms with E-state index in [-0.39, 0.29) is 18.1 Å². The van der Waals surface area contributed by atoms with Crippen LogP contribution in [0.25, 0.3) is 0 Å². The zero-order valence-corrected chi connectivity index (χ0v) is 12.7. The van der Waals surface area contributed by atoms with Crippen molar-refractivity contribution in [3.63, 3.8) is 0 Å². The van der Waals surface area contributed by atoms with Gasteiger partial charge < -0.3 is 19.3 Å². The van der Waals surface area contributed by atoms with Crippen LogP contribution in [-0.4, -0.2) is 42.5 Å². The van der Waals surface area contributed by atoms with Gasteiger partial charge in [-0.2, -0.15) is 4.98 Å². The molecule has 0 atom stereocenters. The number of nitrogens with one attached hydrogen (secondary N) is 1. The second-order valence-corrected chi connectivity index (χ2v) is 5.21. The predicted octanol–water partition coefficient (Wildman–Crippen LogP) is 1.32. The molecule has 1 aromatic heterocycles. The largest absolute Gasteiger partial charge is 0.464 e.